The average molecular weight is 371 g/mol. The van der Waals surface area contributed by atoms with E-state index in [0.717, 1.165) is 9.13 Å². The van der Waals surface area contributed by atoms with Crippen LogP contribution in [0.3, 0.4) is 0 Å². The summed E-state index contributed by atoms with van der Waals surface area (Å²) in [5.74, 6) is 0.709. The molecule has 90 valence electrons. The summed E-state index contributed by atoms with van der Waals surface area (Å²) in [7, 11) is 0. The summed E-state index contributed by atoms with van der Waals surface area (Å²) in [6.45, 7) is 2.06. The molecule has 3 aromatic rings. The molecule has 0 radical (unpaired) electrons. The van der Waals surface area contributed by atoms with Crippen LogP contribution in [0.25, 0.3) is 17.0 Å². The number of rotatable bonds is 1. The summed E-state index contributed by atoms with van der Waals surface area (Å²) in [6, 6.07) is 9.58. The summed E-state index contributed by atoms with van der Waals surface area (Å²) < 4.78 is 2.81. The predicted molar refractivity (Wildman–Crippen MR) is 78.7 cm³/mol. The smallest absolute Gasteiger partial charge is 0.186 e. The highest BCUT2D eigenvalue weighted by Crippen LogP contribution is 2.26. The molecular formula is C12H8ClIN4. The summed E-state index contributed by atoms with van der Waals surface area (Å²) in [6.07, 6.45) is 0. The summed E-state index contributed by atoms with van der Waals surface area (Å²) in [5.41, 5.74) is 2.90. The lowest BCUT2D eigenvalue weighted by atomic mass is 10.1. The molecule has 1 aromatic carbocycles. The third-order valence-electron chi connectivity index (χ3n) is 2.66. The number of halogens is 2. The van der Waals surface area contributed by atoms with Gasteiger partial charge in [-0.3, -0.25) is 0 Å². The first-order valence-corrected chi connectivity index (χ1v) is 6.76. The summed E-state index contributed by atoms with van der Waals surface area (Å²) in [5, 5.41) is 12.9. The molecule has 2 aromatic heterocycles. The van der Waals surface area contributed by atoms with Gasteiger partial charge in [0.05, 0.1) is 0 Å². The molecule has 0 fully saturated rings. The van der Waals surface area contributed by atoms with Crippen molar-refractivity contribution in [3.8, 4) is 11.4 Å². The van der Waals surface area contributed by atoms with Gasteiger partial charge in [0.1, 0.15) is 5.15 Å². The number of aryl methyl sites for hydroxylation is 1. The van der Waals surface area contributed by atoms with Gasteiger partial charge in [0.25, 0.3) is 0 Å². The first-order chi connectivity index (χ1) is 8.66. The molecule has 0 saturated carbocycles. The van der Waals surface area contributed by atoms with E-state index in [0.29, 0.717) is 16.6 Å². The van der Waals surface area contributed by atoms with Gasteiger partial charge in [0.2, 0.25) is 0 Å². The van der Waals surface area contributed by atoms with Crippen molar-refractivity contribution in [3.05, 3.63) is 44.6 Å². The maximum absolute atomic E-state index is 5.92. The number of hydrogen-bond donors (Lipinski definition) is 0. The molecule has 3 rings (SSSR count). The Morgan fingerprint density at radius 3 is 2.83 bits per heavy atom. The quantitative estimate of drug-likeness (QED) is 0.617. The van der Waals surface area contributed by atoms with Crippen LogP contribution in [0.4, 0.5) is 0 Å². The van der Waals surface area contributed by atoms with E-state index in [4.69, 9.17) is 11.6 Å². The minimum atomic E-state index is 0.422. The molecule has 0 aliphatic carbocycles. The van der Waals surface area contributed by atoms with E-state index in [1.54, 1.807) is 16.6 Å². The van der Waals surface area contributed by atoms with Crippen molar-refractivity contribution < 1.29 is 0 Å². The van der Waals surface area contributed by atoms with E-state index in [1.165, 1.54) is 5.56 Å². The summed E-state index contributed by atoms with van der Waals surface area (Å²) >= 11 is 8.22. The summed E-state index contributed by atoms with van der Waals surface area (Å²) in [4.78, 5) is 0. The van der Waals surface area contributed by atoms with Gasteiger partial charge in [-0.25, -0.2) is 0 Å². The van der Waals surface area contributed by atoms with Crippen molar-refractivity contribution in [2.75, 3.05) is 0 Å². The van der Waals surface area contributed by atoms with Crippen molar-refractivity contribution in [1.82, 2.24) is 19.8 Å². The molecule has 0 amide bonds. The van der Waals surface area contributed by atoms with Crippen LogP contribution in [-0.4, -0.2) is 19.8 Å². The molecule has 0 bridgehead atoms. The fourth-order valence-electron chi connectivity index (χ4n) is 1.75. The number of aromatic nitrogens is 4. The average Bonchev–Trinajstić information content (AvgIpc) is 2.75. The van der Waals surface area contributed by atoms with E-state index >= 15 is 0 Å². The van der Waals surface area contributed by atoms with E-state index < -0.39 is 0 Å². The van der Waals surface area contributed by atoms with Crippen molar-refractivity contribution in [1.29, 1.82) is 0 Å². The Bertz CT molecular complexity index is 738. The minimum absolute atomic E-state index is 0.422. The molecule has 0 spiro atoms. The Balaban J connectivity index is 2.32. The number of hydrogen-bond acceptors (Lipinski definition) is 3. The van der Waals surface area contributed by atoms with Crippen LogP contribution in [0.2, 0.25) is 5.15 Å². The van der Waals surface area contributed by atoms with Gasteiger partial charge in [-0.2, -0.15) is 9.61 Å². The molecule has 6 heteroatoms. The van der Waals surface area contributed by atoms with Crippen molar-refractivity contribution >= 4 is 39.8 Å². The topological polar surface area (TPSA) is 43.1 Å². The second kappa shape index (κ2) is 4.47. The highest BCUT2D eigenvalue weighted by atomic mass is 127. The van der Waals surface area contributed by atoms with E-state index in [2.05, 4.69) is 50.9 Å². The van der Waals surface area contributed by atoms with Gasteiger partial charge in [-0.05, 0) is 47.2 Å². The van der Waals surface area contributed by atoms with Gasteiger partial charge in [0.15, 0.2) is 11.5 Å². The Labute approximate surface area is 122 Å². The number of nitrogens with zero attached hydrogens (tertiary/aromatic N) is 4. The van der Waals surface area contributed by atoms with Crippen LogP contribution >= 0.6 is 34.2 Å². The Morgan fingerprint density at radius 2 is 2.00 bits per heavy atom. The fourth-order valence-corrected chi connectivity index (χ4v) is 2.49. The standard InChI is InChI=1S/C12H8ClIN4/c1-7-3-2-4-8(11(7)14)12-16-15-10-6-5-9(13)17-18(10)12/h2-6H,1H3. The maximum Gasteiger partial charge on any atom is 0.186 e. The van der Waals surface area contributed by atoms with E-state index in [1.807, 2.05) is 12.1 Å². The van der Waals surface area contributed by atoms with Crippen LogP contribution in [0.1, 0.15) is 5.56 Å². The first-order valence-electron chi connectivity index (χ1n) is 5.30. The lowest BCUT2D eigenvalue weighted by Crippen LogP contribution is -1.97. The molecule has 18 heavy (non-hydrogen) atoms. The Kier molecular flexibility index (Phi) is 2.95. The van der Waals surface area contributed by atoms with E-state index in [9.17, 15) is 0 Å². The van der Waals surface area contributed by atoms with Crippen molar-refractivity contribution in [2.45, 2.75) is 6.92 Å². The maximum atomic E-state index is 5.92. The van der Waals surface area contributed by atoms with E-state index in [-0.39, 0.29) is 0 Å². The Morgan fingerprint density at radius 1 is 1.17 bits per heavy atom. The van der Waals surface area contributed by atoms with Gasteiger partial charge >= 0.3 is 0 Å². The molecule has 0 N–H and O–H groups in total. The SMILES string of the molecule is Cc1cccc(-c2nnc3ccc(Cl)nn23)c1I. The second-order valence-electron chi connectivity index (χ2n) is 3.89. The monoisotopic (exact) mass is 370 g/mol. The van der Waals surface area contributed by atoms with Crippen LogP contribution in [-0.2, 0) is 0 Å². The molecule has 2 heterocycles. The first kappa shape index (κ1) is 11.9. The van der Waals surface area contributed by atoms with Crippen molar-refractivity contribution in [2.24, 2.45) is 0 Å². The number of benzene rings is 1. The fraction of sp³-hybridized carbons (Fsp3) is 0.0833. The van der Waals surface area contributed by atoms with Gasteiger partial charge in [0, 0.05) is 9.13 Å². The lowest BCUT2D eigenvalue weighted by molar-refractivity contribution is 0.935. The third kappa shape index (κ3) is 1.87. The van der Waals surface area contributed by atoms with Crippen molar-refractivity contribution in [3.63, 3.8) is 0 Å². The zero-order valence-electron chi connectivity index (χ0n) is 9.43. The second-order valence-corrected chi connectivity index (χ2v) is 5.35. The molecule has 0 saturated heterocycles. The van der Waals surface area contributed by atoms with Crippen LogP contribution in [0.15, 0.2) is 30.3 Å². The molecule has 0 unspecified atom stereocenters. The van der Waals surface area contributed by atoms with Crippen LogP contribution < -0.4 is 0 Å². The normalized spacial score (nSPS) is 11.1. The number of fused-ring (bicyclic) bond motifs is 1. The molecule has 0 aliphatic rings. The molecular weight excluding hydrogens is 363 g/mol. The lowest BCUT2D eigenvalue weighted by Gasteiger charge is -2.04. The van der Waals surface area contributed by atoms with Crippen LogP contribution in [0.5, 0.6) is 0 Å². The highest BCUT2D eigenvalue weighted by molar-refractivity contribution is 14.1. The molecule has 0 atom stereocenters. The largest absolute Gasteiger partial charge is 0.191 e. The highest BCUT2D eigenvalue weighted by Gasteiger charge is 2.13. The third-order valence-corrected chi connectivity index (χ3v) is 4.30. The van der Waals surface area contributed by atoms with Gasteiger partial charge in [-0.1, -0.05) is 29.8 Å². The van der Waals surface area contributed by atoms with Crippen LogP contribution in [0, 0.1) is 10.5 Å². The zero-order chi connectivity index (χ0) is 12.7. The molecule has 0 aliphatic heterocycles. The zero-order valence-corrected chi connectivity index (χ0v) is 12.3. The molecule has 4 nitrogen and oxygen atoms in total. The minimum Gasteiger partial charge on any atom is -0.191 e. The predicted octanol–water partition coefficient (Wildman–Crippen LogP) is 3.36. The van der Waals surface area contributed by atoms with Gasteiger partial charge < -0.3 is 0 Å². The Hall–Kier alpha value is -1.21. The van der Waals surface area contributed by atoms with Gasteiger partial charge in [-0.15, -0.1) is 10.2 Å².